The topological polar surface area (TPSA) is 67.7 Å². The lowest BCUT2D eigenvalue weighted by Crippen LogP contribution is -2.49. The van der Waals surface area contributed by atoms with Crippen molar-refractivity contribution in [2.75, 3.05) is 31.1 Å². The average Bonchev–Trinajstić information content (AvgIpc) is 3.39. The molecule has 0 amide bonds. The number of hydrogen-bond acceptors (Lipinski definition) is 5. The molecule has 0 N–H and O–H groups in total. The van der Waals surface area contributed by atoms with E-state index in [-0.39, 0.29) is 5.75 Å². The molecule has 1 saturated heterocycles. The zero-order valence-corrected chi connectivity index (χ0v) is 25.5. The van der Waals surface area contributed by atoms with Gasteiger partial charge in [-0.2, -0.15) is 17.5 Å². The van der Waals surface area contributed by atoms with Crippen molar-refractivity contribution in [3.05, 3.63) is 126 Å². The van der Waals surface area contributed by atoms with E-state index in [1.54, 1.807) is 4.31 Å². The van der Waals surface area contributed by atoms with Crippen molar-refractivity contribution in [3.63, 3.8) is 0 Å². The summed E-state index contributed by atoms with van der Waals surface area (Å²) < 4.78 is 75.6. The molecule has 0 bridgehead atoms. The Hall–Kier alpha value is -4.35. The van der Waals surface area contributed by atoms with Crippen LogP contribution in [0.2, 0.25) is 0 Å². The molecule has 7 nitrogen and oxygen atoms in total. The molecule has 0 aliphatic carbocycles. The van der Waals surface area contributed by atoms with Crippen molar-refractivity contribution in [3.8, 4) is 5.75 Å². The van der Waals surface area contributed by atoms with Crippen LogP contribution in [0.25, 0.3) is 11.0 Å². The number of sulfonamides is 1. The first-order valence-corrected chi connectivity index (χ1v) is 16.3. The number of nitrogens with zero attached hydrogens (tertiary/aromatic N) is 4. The summed E-state index contributed by atoms with van der Waals surface area (Å²) >= 11 is 0. The second kappa shape index (κ2) is 12.6. The van der Waals surface area contributed by atoms with Gasteiger partial charge in [0.2, 0.25) is 10.0 Å². The minimum Gasteiger partial charge on any atom is -0.483 e. The predicted octanol–water partition coefficient (Wildman–Crippen LogP) is 6.90. The van der Waals surface area contributed by atoms with Gasteiger partial charge in [-0.25, -0.2) is 13.4 Å². The second-order valence-electron chi connectivity index (χ2n) is 11.1. The standard InChI is InChI=1S/C34H33F3N4O3S/c1-25(44-30-10-6-3-7-11-30)33-38-31-17-16-29(22-32(31)41(33)23-26-12-14-28(15-13-26)34(35,36)37)39-18-20-40(21-19-39)45(42,43)24-27-8-4-2-5-9-27/h2-17,22,25H,18-21,23-24H2,1H3. The molecule has 6 rings (SSSR count). The number of hydrogen-bond donors (Lipinski definition) is 0. The highest BCUT2D eigenvalue weighted by atomic mass is 32.2. The molecule has 45 heavy (non-hydrogen) atoms. The van der Waals surface area contributed by atoms with Crippen LogP contribution in [0.5, 0.6) is 5.75 Å². The normalized spacial score (nSPS) is 15.3. The molecule has 2 heterocycles. The molecule has 0 spiro atoms. The van der Waals surface area contributed by atoms with Crippen LogP contribution in [0.4, 0.5) is 18.9 Å². The number of benzene rings is 4. The summed E-state index contributed by atoms with van der Waals surface area (Å²) in [5.74, 6) is 1.29. The molecule has 1 aliphatic rings. The maximum absolute atomic E-state index is 13.2. The molecule has 1 atom stereocenters. The summed E-state index contributed by atoms with van der Waals surface area (Å²) in [6, 6.07) is 29.6. The summed E-state index contributed by atoms with van der Waals surface area (Å²) in [5, 5.41) is 0. The molecule has 1 fully saturated rings. The third-order valence-corrected chi connectivity index (χ3v) is 9.84. The van der Waals surface area contributed by atoms with Crippen LogP contribution in [0, 0.1) is 0 Å². The maximum atomic E-state index is 13.2. The number of fused-ring (bicyclic) bond motifs is 1. The van der Waals surface area contributed by atoms with E-state index in [1.165, 1.54) is 12.1 Å². The van der Waals surface area contributed by atoms with E-state index in [9.17, 15) is 21.6 Å². The van der Waals surface area contributed by atoms with Gasteiger partial charge in [0, 0.05) is 38.4 Å². The van der Waals surface area contributed by atoms with Crippen molar-refractivity contribution in [1.82, 2.24) is 13.9 Å². The number of ether oxygens (including phenoxy) is 1. The number of alkyl halides is 3. The van der Waals surface area contributed by atoms with Crippen LogP contribution < -0.4 is 9.64 Å². The molecule has 11 heteroatoms. The van der Waals surface area contributed by atoms with Gasteiger partial charge in [0.25, 0.3) is 0 Å². The van der Waals surface area contributed by atoms with E-state index in [0.29, 0.717) is 49.9 Å². The second-order valence-corrected chi connectivity index (χ2v) is 13.1. The van der Waals surface area contributed by atoms with Crippen LogP contribution in [-0.2, 0) is 28.5 Å². The van der Waals surface area contributed by atoms with Gasteiger partial charge in [-0.3, -0.25) is 0 Å². The molecular weight excluding hydrogens is 601 g/mol. The summed E-state index contributed by atoms with van der Waals surface area (Å²) in [6.07, 6.45) is -4.86. The summed E-state index contributed by atoms with van der Waals surface area (Å²) in [6.45, 7) is 3.96. The van der Waals surface area contributed by atoms with Crippen molar-refractivity contribution in [2.24, 2.45) is 0 Å². The van der Waals surface area contributed by atoms with Gasteiger partial charge in [0.15, 0.2) is 11.9 Å². The lowest BCUT2D eigenvalue weighted by atomic mass is 10.1. The maximum Gasteiger partial charge on any atom is 0.416 e. The Morgan fingerprint density at radius 3 is 2.11 bits per heavy atom. The van der Waals surface area contributed by atoms with Crippen LogP contribution >= 0.6 is 0 Å². The Balaban J connectivity index is 1.27. The number of halogens is 3. The fourth-order valence-corrected chi connectivity index (χ4v) is 7.16. The van der Waals surface area contributed by atoms with E-state index >= 15 is 0 Å². The molecule has 1 aliphatic heterocycles. The number of anilines is 1. The fraction of sp³-hybridized carbons (Fsp3) is 0.265. The first-order valence-electron chi connectivity index (χ1n) is 14.7. The first-order chi connectivity index (χ1) is 21.6. The smallest absolute Gasteiger partial charge is 0.416 e. The quantitative estimate of drug-likeness (QED) is 0.177. The predicted molar refractivity (Wildman–Crippen MR) is 169 cm³/mol. The number of rotatable bonds is 9. The highest BCUT2D eigenvalue weighted by molar-refractivity contribution is 7.88. The number of aromatic nitrogens is 2. The van der Waals surface area contributed by atoms with E-state index < -0.39 is 27.9 Å². The van der Waals surface area contributed by atoms with Crippen LogP contribution in [0.3, 0.4) is 0 Å². The SMILES string of the molecule is CC(Oc1ccccc1)c1nc2ccc(N3CCN(S(=O)(=O)Cc4ccccc4)CC3)cc2n1Cc1ccc(C(F)(F)F)cc1. The third kappa shape index (κ3) is 6.99. The van der Waals surface area contributed by atoms with Crippen LogP contribution in [-0.4, -0.2) is 48.5 Å². The average molecular weight is 635 g/mol. The van der Waals surface area contributed by atoms with Crippen molar-refractivity contribution < 1.29 is 26.3 Å². The highest BCUT2D eigenvalue weighted by Crippen LogP contribution is 2.32. The molecule has 234 valence electrons. The molecular formula is C34H33F3N4O3S. The van der Waals surface area contributed by atoms with E-state index in [4.69, 9.17) is 9.72 Å². The third-order valence-electron chi connectivity index (χ3n) is 7.99. The summed E-state index contributed by atoms with van der Waals surface area (Å²) in [4.78, 5) is 7.03. The Morgan fingerprint density at radius 1 is 0.822 bits per heavy atom. The number of piperazine rings is 1. The molecule has 0 radical (unpaired) electrons. The van der Waals surface area contributed by atoms with Gasteiger partial charge in [-0.1, -0.05) is 60.7 Å². The molecule has 4 aromatic carbocycles. The highest BCUT2D eigenvalue weighted by Gasteiger charge is 2.30. The molecule has 5 aromatic rings. The molecule has 1 aromatic heterocycles. The van der Waals surface area contributed by atoms with Crippen molar-refractivity contribution >= 4 is 26.7 Å². The zero-order chi connectivity index (χ0) is 31.6. The minimum atomic E-state index is -4.41. The summed E-state index contributed by atoms with van der Waals surface area (Å²) in [5.41, 5.74) is 3.21. The lowest BCUT2D eigenvalue weighted by Gasteiger charge is -2.35. The van der Waals surface area contributed by atoms with E-state index in [0.717, 1.165) is 34.4 Å². The molecule has 1 unspecified atom stereocenters. The monoisotopic (exact) mass is 634 g/mol. The Morgan fingerprint density at radius 2 is 1.47 bits per heavy atom. The van der Waals surface area contributed by atoms with E-state index in [1.807, 2.05) is 90.4 Å². The van der Waals surface area contributed by atoms with Gasteiger partial charge in [-0.05, 0) is 60.5 Å². The fourth-order valence-electron chi connectivity index (χ4n) is 5.64. The van der Waals surface area contributed by atoms with E-state index in [2.05, 4.69) is 4.90 Å². The van der Waals surface area contributed by atoms with Crippen molar-refractivity contribution in [1.29, 1.82) is 0 Å². The van der Waals surface area contributed by atoms with Gasteiger partial charge in [0.05, 0.1) is 22.3 Å². The Bertz CT molecular complexity index is 1850. The van der Waals surface area contributed by atoms with Gasteiger partial charge >= 0.3 is 6.18 Å². The molecule has 0 saturated carbocycles. The van der Waals surface area contributed by atoms with Crippen molar-refractivity contribution in [2.45, 2.75) is 31.5 Å². The zero-order valence-electron chi connectivity index (χ0n) is 24.7. The first kappa shape index (κ1) is 30.7. The number of para-hydroxylation sites is 1. The number of imidazole rings is 1. The van der Waals surface area contributed by atoms with Crippen LogP contribution in [0.15, 0.2) is 103 Å². The summed E-state index contributed by atoms with van der Waals surface area (Å²) in [7, 11) is -3.45. The Kier molecular flexibility index (Phi) is 8.56. The largest absolute Gasteiger partial charge is 0.483 e. The van der Waals surface area contributed by atoms with Gasteiger partial charge in [-0.15, -0.1) is 0 Å². The lowest BCUT2D eigenvalue weighted by molar-refractivity contribution is -0.137. The van der Waals surface area contributed by atoms with Gasteiger partial charge < -0.3 is 14.2 Å². The van der Waals surface area contributed by atoms with Gasteiger partial charge in [0.1, 0.15) is 5.75 Å². The minimum absolute atomic E-state index is 0.0328. The van der Waals surface area contributed by atoms with Crippen LogP contribution in [0.1, 0.15) is 35.5 Å². The Labute approximate surface area is 260 Å².